The lowest BCUT2D eigenvalue weighted by Crippen LogP contribution is -2.35. The summed E-state index contributed by atoms with van der Waals surface area (Å²) in [4.78, 5) is 12.2. The molecule has 0 radical (unpaired) electrons. The van der Waals surface area contributed by atoms with Gasteiger partial charge >= 0.3 is 0 Å². The van der Waals surface area contributed by atoms with E-state index in [2.05, 4.69) is 21.2 Å². The van der Waals surface area contributed by atoms with Crippen molar-refractivity contribution >= 4 is 21.8 Å². The van der Waals surface area contributed by atoms with Crippen molar-refractivity contribution in [3.8, 4) is 0 Å². The fraction of sp³-hybridized carbons (Fsp3) is 0.400. The minimum atomic E-state index is -0.172. The Balaban J connectivity index is 1.93. The van der Waals surface area contributed by atoms with Crippen LogP contribution in [0.2, 0.25) is 0 Å². The average molecular weight is 324 g/mol. The van der Waals surface area contributed by atoms with Crippen LogP contribution in [0.3, 0.4) is 0 Å². The molecular weight excluding hydrogens is 306 g/mol. The number of hydrogen-bond acceptors (Lipinski definition) is 2. The first-order valence-corrected chi connectivity index (χ1v) is 7.24. The number of carbonyl (C=O) groups is 1. The highest BCUT2D eigenvalue weighted by Gasteiger charge is 2.22. The predicted octanol–water partition coefficient (Wildman–Crippen LogP) is 2.61. The molecule has 0 aliphatic heterocycles. The molecule has 2 rings (SSSR count). The van der Waals surface area contributed by atoms with Gasteiger partial charge in [-0.15, -0.1) is 0 Å². The molecule has 2 N–H and O–H groups in total. The molecule has 4 heteroatoms. The largest absolute Gasteiger partial charge is 0.396 e. The molecule has 1 aliphatic carbocycles. The number of rotatable bonds is 4. The smallest absolute Gasteiger partial charge is 0.227 e. The van der Waals surface area contributed by atoms with Crippen LogP contribution in [0.1, 0.15) is 24.8 Å². The van der Waals surface area contributed by atoms with Gasteiger partial charge in [0.05, 0.1) is 5.92 Å². The molecule has 0 fully saturated rings. The van der Waals surface area contributed by atoms with E-state index in [1.807, 2.05) is 43.3 Å². The molecular formula is C15H18BrNO2. The number of benzene rings is 1. The molecule has 1 aromatic carbocycles. The number of aliphatic hydroxyl groups is 1. The maximum absolute atomic E-state index is 12.2. The van der Waals surface area contributed by atoms with Gasteiger partial charge in [0.1, 0.15) is 0 Å². The van der Waals surface area contributed by atoms with E-state index in [4.69, 9.17) is 5.11 Å². The fourth-order valence-electron chi connectivity index (χ4n) is 2.23. The molecule has 3 nitrogen and oxygen atoms in total. The summed E-state index contributed by atoms with van der Waals surface area (Å²) >= 11 is 3.38. The third kappa shape index (κ3) is 3.67. The molecule has 1 aliphatic rings. The summed E-state index contributed by atoms with van der Waals surface area (Å²) in [5, 5.41) is 12.1. The van der Waals surface area contributed by atoms with Gasteiger partial charge in [-0.2, -0.15) is 0 Å². The molecule has 1 aromatic rings. The Labute approximate surface area is 121 Å². The van der Waals surface area contributed by atoms with Gasteiger partial charge in [-0.1, -0.05) is 40.2 Å². The zero-order valence-corrected chi connectivity index (χ0v) is 12.4. The summed E-state index contributed by atoms with van der Waals surface area (Å²) < 4.78 is 1.01. The Kier molecular flexibility index (Phi) is 4.77. The average Bonchev–Trinajstić information content (AvgIpc) is 2.86. The second kappa shape index (κ2) is 6.35. The highest BCUT2D eigenvalue weighted by atomic mass is 79.9. The van der Waals surface area contributed by atoms with Gasteiger partial charge in [-0.25, -0.2) is 0 Å². The molecule has 1 amide bonds. The van der Waals surface area contributed by atoms with E-state index in [9.17, 15) is 4.79 Å². The van der Waals surface area contributed by atoms with Crippen LogP contribution in [0.15, 0.2) is 40.9 Å². The normalized spacial score (nSPS) is 23.3. The summed E-state index contributed by atoms with van der Waals surface area (Å²) in [6.07, 6.45) is 4.72. The summed E-state index contributed by atoms with van der Waals surface area (Å²) in [6, 6.07) is 7.83. The fourth-order valence-corrected chi connectivity index (χ4v) is 2.49. The Hall–Kier alpha value is -1.13. The van der Waals surface area contributed by atoms with E-state index in [-0.39, 0.29) is 30.4 Å². The number of hydrogen-bond donors (Lipinski definition) is 2. The van der Waals surface area contributed by atoms with Crippen molar-refractivity contribution in [1.29, 1.82) is 0 Å². The van der Waals surface area contributed by atoms with Crippen molar-refractivity contribution in [2.75, 3.05) is 6.61 Å². The number of amides is 1. The van der Waals surface area contributed by atoms with E-state index < -0.39 is 0 Å². The predicted molar refractivity (Wildman–Crippen MR) is 78.8 cm³/mol. The van der Waals surface area contributed by atoms with Crippen molar-refractivity contribution in [2.24, 2.45) is 5.92 Å². The quantitative estimate of drug-likeness (QED) is 0.837. The van der Waals surface area contributed by atoms with Crippen LogP contribution >= 0.6 is 15.9 Å². The zero-order valence-electron chi connectivity index (χ0n) is 10.8. The van der Waals surface area contributed by atoms with Gasteiger partial charge in [-0.3, -0.25) is 4.79 Å². The van der Waals surface area contributed by atoms with E-state index in [0.29, 0.717) is 0 Å². The van der Waals surface area contributed by atoms with Gasteiger partial charge < -0.3 is 10.4 Å². The lowest BCUT2D eigenvalue weighted by atomic mass is 10.00. The topological polar surface area (TPSA) is 49.3 Å². The number of nitrogens with one attached hydrogen (secondary N) is 1. The zero-order chi connectivity index (χ0) is 13.8. The lowest BCUT2D eigenvalue weighted by molar-refractivity contribution is -0.122. The second-order valence-corrected chi connectivity index (χ2v) is 5.87. The van der Waals surface area contributed by atoms with Gasteiger partial charge in [-0.05, 0) is 31.0 Å². The van der Waals surface area contributed by atoms with Gasteiger partial charge in [0.15, 0.2) is 0 Å². The Morgan fingerprint density at radius 3 is 2.68 bits per heavy atom. The van der Waals surface area contributed by atoms with Crippen molar-refractivity contribution in [3.05, 3.63) is 46.5 Å². The molecule has 0 heterocycles. The second-order valence-electron chi connectivity index (χ2n) is 4.95. The van der Waals surface area contributed by atoms with Crippen LogP contribution < -0.4 is 5.32 Å². The molecule has 102 valence electrons. The van der Waals surface area contributed by atoms with Crippen molar-refractivity contribution < 1.29 is 9.90 Å². The van der Waals surface area contributed by atoms with Crippen molar-refractivity contribution in [2.45, 2.75) is 25.3 Å². The lowest BCUT2D eigenvalue weighted by Gasteiger charge is -2.17. The van der Waals surface area contributed by atoms with Gasteiger partial charge in [0.2, 0.25) is 5.91 Å². The maximum atomic E-state index is 12.2. The van der Waals surface area contributed by atoms with E-state index in [0.717, 1.165) is 16.5 Å². The summed E-state index contributed by atoms with van der Waals surface area (Å²) in [6.45, 7) is 2.05. The Morgan fingerprint density at radius 2 is 2.11 bits per heavy atom. The minimum Gasteiger partial charge on any atom is -0.396 e. The molecule has 1 unspecified atom stereocenters. The van der Waals surface area contributed by atoms with Crippen LogP contribution in [-0.2, 0) is 4.79 Å². The molecule has 0 spiro atoms. The number of halogens is 1. The highest BCUT2D eigenvalue weighted by Crippen LogP contribution is 2.21. The Bertz CT molecular complexity index is 470. The monoisotopic (exact) mass is 323 g/mol. The minimum absolute atomic E-state index is 0.0237. The van der Waals surface area contributed by atoms with Gasteiger partial charge in [0, 0.05) is 23.0 Å². The first kappa shape index (κ1) is 14.3. The van der Waals surface area contributed by atoms with Crippen LogP contribution in [0.4, 0.5) is 0 Å². The molecule has 0 bridgehead atoms. The molecule has 19 heavy (non-hydrogen) atoms. The number of aliphatic hydroxyl groups excluding tert-OH is 1. The molecule has 3 atom stereocenters. The SMILES string of the molecule is CC(C(=O)N[C@@H]1C=C[C@H](CO)C1)c1ccc(Br)cc1. The van der Waals surface area contributed by atoms with Crippen LogP contribution in [0.25, 0.3) is 0 Å². The van der Waals surface area contributed by atoms with E-state index in [1.54, 1.807) is 0 Å². The molecule has 0 saturated carbocycles. The van der Waals surface area contributed by atoms with Crippen LogP contribution in [0.5, 0.6) is 0 Å². The molecule has 0 saturated heterocycles. The first-order valence-electron chi connectivity index (χ1n) is 6.45. The summed E-state index contributed by atoms with van der Waals surface area (Å²) in [5.74, 6) is 0.0264. The van der Waals surface area contributed by atoms with Gasteiger partial charge in [0.25, 0.3) is 0 Å². The summed E-state index contributed by atoms with van der Waals surface area (Å²) in [7, 11) is 0. The van der Waals surface area contributed by atoms with Crippen LogP contribution in [0, 0.1) is 5.92 Å². The maximum Gasteiger partial charge on any atom is 0.227 e. The van der Waals surface area contributed by atoms with Crippen molar-refractivity contribution in [1.82, 2.24) is 5.32 Å². The Morgan fingerprint density at radius 1 is 1.42 bits per heavy atom. The standard InChI is InChI=1S/C15H18BrNO2/c1-10(12-3-5-13(16)6-4-12)15(19)17-14-7-2-11(8-14)9-18/h2-7,10-11,14,18H,8-9H2,1H3,(H,17,19)/t10?,11-,14+/m0/s1. The first-order chi connectivity index (χ1) is 9.10. The summed E-state index contributed by atoms with van der Waals surface area (Å²) in [5.41, 5.74) is 1.00. The van der Waals surface area contributed by atoms with Crippen molar-refractivity contribution in [3.63, 3.8) is 0 Å². The highest BCUT2D eigenvalue weighted by molar-refractivity contribution is 9.10. The van der Waals surface area contributed by atoms with E-state index >= 15 is 0 Å². The third-order valence-corrected chi connectivity index (χ3v) is 4.03. The van der Waals surface area contributed by atoms with E-state index in [1.165, 1.54) is 0 Å². The third-order valence-electron chi connectivity index (χ3n) is 3.50. The molecule has 0 aromatic heterocycles. The number of carbonyl (C=O) groups excluding carboxylic acids is 1. The van der Waals surface area contributed by atoms with Crippen LogP contribution in [-0.4, -0.2) is 23.7 Å².